The van der Waals surface area contributed by atoms with E-state index in [0.29, 0.717) is 13.2 Å². The predicted molar refractivity (Wildman–Crippen MR) is 102 cm³/mol. The lowest BCUT2D eigenvalue weighted by molar-refractivity contribution is 0.155. The maximum atomic E-state index is 6.06. The largest absolute Gasteiger partial charge is 0.321 e. The fourth-order valence-electron chi connectivity index (χ4n) is 1.36. The van der Waals surface area contributed by atoms with Gasteiger partial charge >= 0.3 is 0 Å². The van der Waals surface area contributed by atoms with E-state index in [4.69, 9.17) is 20.9 Å². The smallest absolute Gasteiger partial charge is 0.247 e. The minimum Gasteiger partial charge on any atom is -0.321 e. The first-order valence-corrected chi connectivity index (χ1v) is 12.2. The third kappa shape index (κ3) is 14.3. The summed E-state index contributed by atoms with van der Waals surface area (Å²) in [6.45, 7) is 16.6. The van der Waals surface area contributed by atoms with Gasteiger partial charge in [0.2, 0.25) is 5.69 Å². The normalized spacial score (nSPS) is 13.7. The molecule has 0 aliphatic rings. The molecule has 0 atom stereocenters. The van der Waals surface area contributed by atoms with E-state index in [1.807, 2.05) is 0 Å². The van der Waals surface area contributed by atoms with E-state index in [-0.39, 0.29) is 10.8 Å². The van der Waals surface area contributed by atoms with Crippen molar-refractivity contribution in [2.75, 3.05) is 19.0 Å². The van der Waals surface area contributed by atoms with Gasteiger partial charge in [0.1, 0.15) is 0 Å². The van der Waals surface area contributed by atoms with Crippen molar-refractivity contribution in [2.45, 2.75) is 74.1 Å². The predicted octanol–water partition coefficient (Wildman–Crippen LogP) is 6.65. The van der Waals surface area contributed by atoms with Crippen molar-refractivity contribution in [3.8, 4) is 0 Å². The Morgan fingerprint density at radius 1 is 0.857 bits per heavy atom. The standard InChI is InChI=1S/C16H35O2PS2/c1-8-9-10-11-12-21-19(20,17-13-15(2,3)4)18-14-16(5,6)7/h8-14H2,1-7H3. The van der Waals surface area contributed by atoms with E-state index in [0.717, 1.165) is 5.75 Å². The summed E-state index contributed by atoms with van der Waals surface area (Å²) < 4.78 is 12.1. The molecule has 0 saturated heterocycles. The van der Waals surface area contributed by atoms with Gasteiger partial charge in [0.25, 0.3) is 0 Å². The van der Waals surface area contributed by atoms with Gasteiger partial charge in [-0.25, -0.2) is 0 Å². The summed E-state index contributed by atoms with van der Waals surface area (Å²) in [5, 5.41) is 0. The average molecular weight is 355 g/mol. The Labute approximate surface area is 142 Å². The molecule has 0 aromatic rings. The van der Waals surface area contributed by atoms with Crippen LogP contribution in [0, 0.1) is 10.8 Å². The molecule has 128 valence electrons. The first-order valence-electron chi connectivity index (χ1n) is 8.01. The second-order valence-electron chi connectivity index (χ2n) is 8.01. The molecular formula is C16H35O2PS2. The van der Waals surface area contributed by atoms with E-state index in [1.165, 1.54) is 25.7 Å². The zero-order valence-corrected chi connectivity index (χ0v) is 17.6. The summed E-state index contributed by atoms with van der Waals surface area (Å²) in [6, 6.07) is 0. The van der Waals surface area contributed by atoms with E-state index < -0.39 is 5.69 Å². The Morgan fingerprint density at radius 2 is 1.33 bits per heavy atom. The van der Waals surface area contributed by atoms with Crippen LogP contribution in [0.15, 0.2) is 0 Å². The quantitative estimate of drug-likeness (QED) is 0.323. The van der Waals surface area contributed by atoms with Crippen LogP contribution in [-0.4, -0.2) is 19.0 Å². The molecule has 0 N–H and O–H groups in total. The maximum Gasteiger partial charge on any atom is 0.247 e. The molecule has 2 nitrogen and oxygen atoms in total. The summed E-state index contributed by atoms with van der Waals surface area (Å²) in [7, 11) is 0. The summed E-state index contributed by atoms with van der Waals surface area (Å²) in [4.78, 5) is 0. The summed E-state index contributed by atoms with van der Waals surface area (Å²) in [5.41, 5.74) is -1.97. The number of unbranched alkanes of at least 4 members (excludes halogenated alkanes) is 3. The fraction of sp³-hybridized carbons (Fsp3) is 1.00. The van der Waals surface area contributed by atoms with Crippen molar-refractivity contribution < 1.29 is 9.05 Å². The Bertz CT molecular complexity index is 297. The topological polar surface area (TPSA) is 18.5 Å². The lowest BCUT2D eigenvalue weighted by atomic mass is 9.99. The van der Waals surface area contributed by atoms with E-state index >= 15 is 0 Å². The molecule has 0 bridgehead atoms. The summed E-state index contributed by atoms with van der Waals surface area (Å²) >= 11 is 7.48. The van der Waals surface area contributed by atoms with Crippen molar-refractivity contribution in [3.05, 3.63) is 0 Å². The zero-order valence-electron chi connectivity index (χ0n) is 15.0. The molecule has 0 spiro atoms. The van der Waals surface area contributed by atoms with Crippen LogP contribution in [0.25, 0.3) is 0 Å². The van der Waals surface area contributed by atoms with Crippen LogP contribution in [0.3, 0.4) is 0 Å². The van der Waals surface area contributed by atoms with Crippen molar-refractivity contribution in [1.82, 2.24) is 0 Å². The molecular weight excluding hydrogens is 319 g/mol. The van der Waals surface area contributed by atoms with Crippen molar-refractivity contribution in [1.29, 1.82) is 0 Å². The highest BCUT2D eigenvalue weighted by atomic mass is 32.9. The molecule has 0 aromatic heterocycles. The lowest BCUT2D eigenvalue weighted by Gasteiger charge is -2.29. The van der Waals surface area contributed by atoms with Gasteiger partial charge in [0.15, 0.2) is 0 Å². The first kappa shape index (κ1) is 21.9. The monoisotopic (exact) mass is 354 g/mol. The minimum atomic E-state index is -2.21. The minimum absolute atomic E-state index is 0.123. The third-order valence-corrected chi connectivity index (χ3v) is 7.95. The maximum absolute atomic E-state index is 6.06. The van der Waals surface area contributed by atoms with E-state index in [1.54, 1.807) is 11.4 Å². The molecule has 0 saturated carbocycles. The third-order valence-electron chi connectivity index (χ3n) is 2.56. The SMILES string of the molecule is CCCCCCSP(=S)(OCC(C)(C)C)OCC(C)(C)C. The van der Waals surface area contributed by atoms with E-state index in [2.05, 4.69) is 48.5 Å². The summed E-state index contributed by atoms with van der Waals surface area (Å²) in [6.07, 6.45) is 5.04. The number of rotatable bonds is 10. The number of hydrogen-bond donors (Lipinski definition) is 0. The Kier molecular flexibility index (Phi) is 10.4. The molecule has 0 unspecified atom stereocenters. The van der Waals surface area contributed by atoms with Gasteiger partial charge in [-0.15, -0.1) is 0 Å². The molecule has 0 aromatic carbocycles. The molecule has 0 heterocycles. The second-order valence-corrected chi connectivity index (χ2v) is 14.4. The summed E-state index contributed by atoms with van der Waals surface area (Å²) in [5.74, 6) is 1.05. The first-order chi connectivity index (χ1) is 9.47. The van der Waals surface area contributed by atoms with Gasteiger partial charge in [0.05, 0.1) is 13.2 Å². The van der Waals surface area contributed by atoms with E-state index in [9.17, 15) is 0 Å². The molecule has 21 heavy (non-hydrogen) atoms. The van der Waals surface area contributed by atoms with Gasteiger partial charge in [-0.1, -0.05) is 79.1 Å². The fourth-order valence-corrected chi connectivity index (χ4v) is 6.04. The van der Waals surface area contributed by atoms with Gasteiger partial charge < -0.3 is 9.05 Å². The Morgan fingerprint density at radius 3 is 1.71 bits per heavy atom. The van der Waals surface area contributed by atoms with Crippen LogP contribution >= 0.6 is 17.1 Å². The molecule has 0 rings (SSSR count). The Hall–Kier alpha value is 0.920. The van der Waals surface area contributed by atoms with Gasteiger partial charge in [0, 0.05) is 5.75 Å². The highest BCUT2D eigenvalue weighted by molar-refractivity contribution is 8.67. The van der Waals surface area contributed by atoms with Gasteiger partial charge in [-0.05, 0) is 29.1 Å². The Balaban J connectivity index is 4.41. The van der Waals surface area contributed by atoms with Crippen molar-refractivity contribution in [3.63, 3.8) is 0 Å². The van der Waals surface area contributed by atoms with Gasteiger partial charge in [-0.3, -0.25) is 0 Å². The van der Waals surface area contributed by atoms with Crippen molar-refractivity contribution >= 4 is 28.9 Å². The lowest BCUT2D eigenvalue weighted by Crippen LogP contribution is -2.16. The van der Waals surface area contributed by atoms with Crippen LogP contribution in [0.5, 0.6) is 0 Å². The van der Waals surface area contributed by atoms with Crippen molar-refractivity contribution in [2.24, 2.45) is 10.8 Å². The highest BCUT2D eigenvalue weighted by Gasteiger charge is 2.25. The van der Waals surface area contributed by atoms with Gasteiger partial charge in [-0.2, -0.15) is 0 Å². The molecule has 0 amide bonds. The molecule has 0 fully saturated rings. The molecule has 0 aliphatic heterocycles. The van der Waals surface area contributed by atoms with Crippen LogP contribution in [0.2, 0.25) is 0 Å². The van der Waals surface area contributed by atoms with Crippen LogP contribution < -0.4 is 0 Å². The molecule has 0 radical (unpaired) electrons. The number of hydrogen-bond acceptors (Lipinski definition) is 4. The van der Waals surface area contributed by atoms with Crippen LogP contribution in [0.1, 0.15) is 74.1 Å². The van der Waals surface area contributed by atoms with Crippen LogP contribution in [0.4, 0.5) is 0 Å². The van der Waals surface area contributed by atoms with Crippen LogP contribution in [-0.2, 0) is 20.9 Å². The molecule has 0 aliphatic carbocycles. The molecule has 5 heteroatoms. The zero-order chi connectivity index (χ0) is 16.6. The second kappa shape index (κ2) is 9.93. The average Bonchev–Trinajstić information content (AvgIpc) is 2.33. The highest BCUT2D eigenvalue weighted by Crippen LogP contribution is 2.62.